The zero-order chi connectivity index (χ0) is 12.5. The smallest absolute Gasteiger partial charge is 0.225 e. The number of hydrogen-bond acceptors (Lipinski definition) is 5. The highest BCUT2D eigenvalue weighted by molar-refractivity contribution is 7.16. The van der Waals surface area contributed by atoms with Crippen LogP contribution in [-0.2, 0) is 0 Å². The molecule has 18 heavy (non-hydrogen) atoms. The maximum Gasteiger partial charge on any atom is 0.225 e. The molecule has 0 aliphatic carbocycles. The Bertz CT molecular complexity index is 556. The molecule has 6 heteroatoms. The first-order valence-electron chi connectivity index (χ1n) is 6.05. The molecule has 0 saturated carbocycles. The largest absolute Gasteiger partial charge is 0.369 e. The lowest BCUT2D eigenvalue weighted by atomic mass is 10.1. The van der Waals surface area contributed by atoms with Crippen molar-refractivity contribution in [2.24, 2.45) is 5.92 Å². The molecule has 96 valence electrons. The SMILES string of the molecule is CN1CCC(CNc2nc(Cl)nc3sccc23)C1. The van der Waals surface area contributed by atoms with E-state index in [0.29, 0.717) is 11.2 Å². The number of rotatable bonds is 3. The van der Waals surface area contributed by atoms with Crippen molar-refractivity contribution < 1.29 is 0 Å². The van der Waals surface area contributed by atoms with E-state index in [2.05, 4.69) is 27.2 Å². The van der Waals surface area contributed by atoms with Gasteiger partial charge in [0, 0.05) is 13.1 Å². The van der Waals surface area contributed by atoms with Crippen molar-refractivity contribution in [3.63, 3.8) is 0 Å². The second kappa shape index (κ2) is 4.99. The summed E-state index contributed by atoms with van der Waals surface area (Å²) in [6.07, 6.45) is 1.25. The molecule has 3 rings (SSSR count). The van der Waals surface area contributed by atoms with Crippen LogP contribution in [0.3, 0.4) is 0 Å². The Morgan fingerprint density at radius 1 is 1.56 bits per heavy atom. The van der Waals surface area contributed by atoms with Gasteiger partial charge in [-0.25, -0.2) is 9.97 Å². The van der Waals surface area contributed by atoms with Crippen molar-refractivity contribution in [2.45, 2.75) is 6.42 Å². The average Bonchev–Trinajstić information content (AvgIpc) is 2.94. The van der Waals surface area contributed by atoms with Crippen molar-refractivity contribution in [1.29, 1.82) is 0 Å². The lowest BCUT2D eigenvalue weighted by Crippen LogP contribution is -2.19. The highest BCUT2D eigenvalue weighted by Crippen LogP contribution is 2.27. The van der Waals surface area contributed by atoms with Crippen LogP contribution < -0.4 is 5.32 Å². The van der Waals surface area contributed by atoms with Gasteiger partial charge < -0.3 is 10.2 Å². The van der Waals surface area contributed by atoms with Gasteiger partial charge in [-0.15, -0.1) is 11.3 Å². The number of halogens is 1. The number of fused-ring (bicyclic) bond motifs is 1. The summed E-state index contributed by atoms with van der Waals surface area (Å²) < 4.78 is 0. The number of likely N-dealkylation sites (tertiary alicyclic amines) is 1. The number of nitrogens with one attached hydrogen (secondary N) is 1. The molecule has 0 amide bonds. The van der Waals surface area contributed by atoms with Crippen LogP contribution >= 0.6 is 22.9 Å². The van der Waals surface area contributed by atoms with Gasteiger partial charge in [0.2, 0.25) is 5.28 Å². The first kappa shape index (κ1) is 12.1. The molecule has 1 aliphatic rings. The number of anilines is 1. The highest BCUT2D eigenvalue weighted by atomic mass is 35.5. The summed E-state index contributed by atoms with van der Waals surface area (Å²) in [7, 11) is 2.17. The number of thiophene rings is 1. The van der Waals surface area contributed by atoms with Gasteiger partial charge in [-0.05, 0) is 49.0 Å². The van der Waals surface area contributed by atoms with Gasteiger partial charge in [0.1, 0.15) is 10.6 Å². The van der Waals surface area contributed by atoms with Crippen molar-refractivity contribution in [2.75, 3.05) is 32.0 Å². The van der Waals surface area contributed by atoms with Crippen LogP contribution in [-0.4, -0.2) is 41.5 Å². The third-order valence-corrected chi connectivity index (χ3v) is 4.32. The van der Waals surface area contributed by atoms with E-state index >= 15 is 0 Å². The third kappa shape index (κ3) is 2.43. The standard InChI is InChI=1S/C12H15ClN4S/c1-17-4-2-8(7-17)6-14-10-9-3-5-18-11(9)16-12(13)15-10/h3,5,8H,2,4,6-7H2,1H3,(H,14,15,16). The van der Waals surface area contributed by atoms with Gasteiger partial charge in [-0.2, -0.15) is 0 Å². The zero-order valence-corrected chi connectivity index (χ0v) is 11.8. The molecule has 0 radical (unpaired) electrons. The summed E-state index contributed by atoms with van der Waals surface area (Å²) in [5, 5.41) is 6.82. The van der Waals surface area contributed by atoms with E-state index < -0.39 is 0 Å². The lowest BCUT2D eigenvalue weighted by molar-refractivity contribution is 0.399. The molecule has 1 atom stereocenters. The van der Waals surface area contributed by atoms with Crippen LogP contribution in [0.15, 0.2) is 11.4 Å². The number of nitrogens with zero attached hydrogens (tertiary/aromatic N) is 3. The first-order valence-corrected chi connectivity index (χ1v) is 7.31. The summed E-state index contributed by atoms with van der Waals surface area (Å²) >= 11 is 7.53. The normalized spacial score (nSPS) is 20.7. The molecule has 1 N–H and O–H groups in total. The van der Waals surface area contributed by atoms with Crippen molar-refractivity contribution >= 4 is 39.0 Å². The van der Waals surface area contributed by atoms with E-state index in [-0.39, 0.29) is 0 Å². The van der Waals surface area contributed by atoms with Crippen molar-refractivity contribution in [3.8, 4) is 0 Å². The molecule has 2 aromatic rings. The molecule has 3 heterocycles. The van der Waals surface area contributed by atoms with Gasteiger partial charge in [0.15, 0.2) is 0 Å². The van der Waals surface area contributed by atoms with E-state index in [4.69, 9.17) is 11.6 Å². The van der Waals surface area contributed by atoms with Crippen LogP contribution in [0.1, 0.15) is 6.42 Å². The molecular formula is C12H15ClN4S. The summed E-state index contributed by atoms with van der Waals surface area (Å²) in [4.78, 5) is 11.8. The van der Waals surface area contributed by atoms with Gasteiger partial charge in [-0.1, -0.05) is 0 Å². The van der Waals surface area contributed by atoms with Crippen LogP contribution in [0.25, 0.3) is 10.2 Å². The van der Waals surface area contributed by atoms with Crippen molar-refractivity contribution in [3.05, 3.63) is 16.7 Å². The van der Waals surface area contributed by atoms with E-state index in [1.54, 1.807) is 11.3 Å². The molecular weight excluding hydrogens is 268 g/mol. The van der Waals surface area contributed by atoms with E-state index in [1.807, 2.05) is 11.4 Å². The molecule has 1 unspecified atom stereocenters. The Kier molecular flexibility index (Phi) is 3.37. The maximum atomic E-state index is 5.94. The van der Waals surface area contributed by atoms with E-state index in [0.717, 1.165) is 29.1 Å². The molecule has 1 aliphatic heterocycles. The minimum absolute atomic E-state index is 0.316. The second-order valence-electron chi connectivity index (χ2n) is 4.78. The summed E-state index contributed by atoms with van der Waals surface area (Å²) in [5.74, 6) is 1.55. The van der Waals surface area contributed by atoms with Crippen molar-refractivity contribution in [1.82, 2.24) is 14.9 Å². The highest BCUT2D eigenvalue weighted by Gasteiger charge is 2.19. The fourth-order valence-electron chi connectivity index (χ4n) is 2.40. The molecule has 1 saturated heterocycles. The fraction of sp³-hybridized carbons (Fsp3) is 0.500. The van der Waals surface area contributed by atoms with Gasteiger partial charge in [0.25, 0.3) is 0 Å². The summed E-state index contributed by atoms with van der Waals surface area (Å²) in [6, 6.07) is 2.04. The van der Waals surface area contributed by atoms with E-state index in [9.17, 15) is 0 Å². The third-order valence-electron chi connectivity index (χ3n) is 3.34. The van der Waals surface area contributed by atoms with Crippen LogP contribution in [0, 0.1) is 5.92 Å². The predicted molar refractivity (Wildman–Crippen MR) is 76.5 cm³/mol. The maximum absolute atomic E-state index is 5.94. The van der Waals surface area contributed by atoms with Crippen LogP contribution in [0.4, 0.5) is 5.82 Å². The Hall–Kier alpha value is -0.910. The Balaban J connectivity index is 1.75. The Labute approximate surface area is 115 Å². The second-order valence-corrected chi connectivity index (χ2v) is 6.01. The predicted octanol–water partition coefficient (Wildman–Crippen LogP) is 2.71. The quantitative estimate of drug-likeness (QED) is 0.879. The van der Waals surface area contributed by atoms with E-state index in [1.165, 1.54) is 13.0 Å². The molecule has 2 aromatic heterocycles. The minimum atomic E-state index is 0.316. The molecule has 0 spiro atoms. The Morgan fingerprint density at radius 2 is 2.44 bits per heavy atom. The molecule has 1 fully saturated rings. The van der Waals surface area contributed by atoms with Gasteiger partial charge in [0.05, 0.1) is 5.39 Å². The number of aromatic nitrogens is 2. The first-order chi connectivity index (χ1) is 8.72. The minimum Gasteiger partial charge on any atom is -0.369 e. The number of hydrogen-bond donors (Lipinski definition) is 1. The molecule has 0 bridgehead atoms. The Morgan fingerprint density at radius 3 is 3.22 bits per heavy atom. The lowest BCUT2D eigenvalue weighted by Gasteiger charge is -2.12. The van der Waals surface area contributed by atoms with Gasteiger partial charge in [-0.3, -0.25) is 0 Å². The average molecular weight is 283 g/mol. The monoisotopic (exact) mass is 282 g/mol. The fourth-order valence-corrected chi connectivity index (χ4v) is 3.38. The zero-order valence-electron chi connectivity index (χ0n) is 10.2. The van der Waals surface area contributed by atoms with Crippen LogP contribution in [0.2, 0.25) is 5.28 Å². The molecule has 0 aromatic carbocycles. The van der Waals surface area contributed by atoms with Gasteiger partial charge >= 0.3 is 0 Å². The summed E-state index contributed by atoms with van der Waals surface area (Å²) in [6.45, 7) is 3.28. The summed E-state index contributed by atoms with van der Waals surface area (Å²) in [5.41, 5.74) is 0. The topological polar surface area (TPSA) is 41.0 Å². The molecule has 4 nitrogen and oxygen atoms in total. The van der Waals surface area contributed by atoms with Crippen LogP contribution in [0.5, 0.6) is 0 Å².